The lowest BCUT2D eigenvalue weighted by molar-refractivity contribution is 0.101. The summed E-state index contributed by atoms with van der Waals surface area (Å²) in [6.07, 6.45) is 10.9. The Hall–Kier alpha value is -19.2. The second-order valence-corrected chi connectivity index (χ2v) is 32.7. The number of imidazole rings is 1. The third kappa shape index (κ3) is 25.2. The quantitative estimate of drug-likeness (QED) is 0.0278. The Labute approximate surface area is 871 Å². The lowest BCUT2D eigenvalue weighted by atomic mass is 10.1. The van der Waals surface area contributed by atoms with Gasteiger partial charge in [0.15, 0.2) is 0 Å². The monoisotopic (exact) mass is 1930 g/mol. The minimum absolute atomic E-state index is 0.00863. The van der Waals surface area contributed by atoms with Gasteiger partial charge in [-0.05, 0) is 356 Å². The predicted octanol–water partition coefficient (Wildman–Crippen LogP) is 24.4. The van der Waals surface area contributed by atoms with E-state index in [2.05, 4.69) is 107 Å². The van der Waals surface area contributed by atoms with Crippen molar-refractivity contribution < 1.29 is 56.2 Å². The van der Waals surface area contributed by atoms with Crippen LogP contribution in [0.4, 0.5) is 69.3 Å². The van der Waals surface area contributed by atoms with Gasteiger partial charge in [0.05, 0.1) is 62.2 Å². The number of benzene rings is 8. The molecule has 0 aliphatic carbocycles. The van der Waals surface area contributed by atoms with E-state index in [1.54, 1.807) is 138 Å². The van der Waals surface area contributed by atoms with Gasteiger partial charge >= 0.3 is 0 Å². The van der Waals surface area contributed by atoms with Crippen LogP contribution in [0.2, 0.25) is 0 Å². The number of nitrogens with zero attached hydrogens (tertiary/aromatic N) is 17. The van der Waals surface area contributed by atoms with E-state index in [1.165, 1.54) is 86.9 Å². The summed E-state index contributed by atoms with van der Waals surface area (Å²) in [5.74, 6) is -1.99. The maximum atomic E-state index is 13.4. The van der Waals surface area contributed by atoms with Crippen molar-refractivity contribution in [1.29, 1.82) is 0 Å². The molecule has 12 heterocycles. The molecule has 20 aromatic rings. The maximum absolute atomic E-state index is 13.4. The van der Waals surface area contributed by atoms with Crippen LogP contribution in [0.3, 0.4) is 0 Å². The zero-order chi connectivity index (χ0) is 124. The number of aryl methyl sites for hydroxylation is 11. The molecular weight excluding hydrogens is 1800 g/mol. The molecule has 29 nitrogen and oxygen atoms in total. The molecule has 144 heavy (non-hydrogen) atoms. The Bertz CT molecular complexity index is 9420. The number of amides is 4. The molecule has 0 fully saturated rings. The van der Waals surface area contributed by atoms with E-state index < -0.39 is 92.5 Å². The van der Waals surface area contributed by atoms with Crippen LogP contribution in [0.5, 0.6) is 0 Å². The van der Waals surface area contributed by atoms with Gasteiger partial charge in [0.2, 0.25) is 23.8 Å². The highest BCUT2D eigenvalue weighted by atomic mass is 16.2. The molecule has 0 saturated carbocycles. The number of rotatable bonds is 24. The zero-order valence-electron chi connectivity index (χ0n) is 106. The highest BCUT2D eigenvalue weighted by Gasteiger charge is 2.20. The first-order valence-electron chi connectivity index (χ1n) is 57.8. The molecule has 0 spiro atoms. The van der Waals surface area contributed by atoms with Crippen LogP contribution < -0.4 is 42.5 Å². The Balaban J connectivity index is 0.000000152. The number of anilines is 12. The van der Waals surface area contributed by atoms with E-state index in [0.717, 1.165) is 44.6 Å². The molecule has 29 heteroatoms. The first-order valence-corrected chi connectivity index (χ1v) is 44.3. The summed E-state index contributed by atoms with van der Waals surface area (Å²) in [6.45, 7) is 12.9. The third-order valence-electron chi connectivity index (χ3n) is 21.2. The van der Waals surface area contributed by atoms with E-state index in [1.807, 2.05) is 94.0 Å². The van der Waals surface area contributed by atoms with Crippen molar-refractivity contribution >= 4 is 92.9 Å². The fourth-order valence-electron chi connectivity index (χ4n) is 14.4. The molecule has 0 bridgehead atoms. The average molecular weight is 1930 g/mol. The largest absolute Gasteiger partial charge is 0.324 e. The van der Waals surface area contributed by atoms with Gasteiger partial charge in [-0.3, -0.25) is 39.1 Å². The summed E-state index contributed by atoms with van der Waals surface area (Å²) in [6, 6.07) is 46.1. The zero-order valence-corrected chi connectivity index (χ0v) is 78.7. The summed E-state index contributed by atoms with van der Waals surface area (Å²) in [5, 5.41) is 23.1. The van der Waals surface area contributed by atoms with Crippen molar-refractivity contribution in [3.63, 3.8) is 0 Å². The van der Waals surface area contributed by atoms with Gasteiger partial charge in [-0.25, -0.2) is 44.9 Å². The predicted molar refractivity (Wildman–Crippen MR) is 569 cm³/mol. The van der Waals surface area contributed by atoms with E-state index >= 15 is 0 Å². The van der Waals surface area contributed by atoms with E-state index in [0.29, 0.717) is 79.1 Å². The molecule has 20 rings (SSSR count). The van der Waals surface area contributed by atoms with E-state index in [4.69, 9.17) is 37.0 Å². The lowest BCUT2D eigenvalue weighted by Crippen LogP contribution is -2.13. The Morgan fingerprint density at radius 1 is 0.319 bits per heavy atom. The lowest BCUT2D eigenvalue weighted by Gasteiger charge is -2.13. The van der Waals surface area contributed by atoms with Crippen molar-refractivity contribution in [3.05, 3.63) is 449 Å². The topological polar surface area (TPSA) is 352 Å². The molecule has 12 aromatic heterocycles. The van der Waals surface area contributed by atoms with Crippen LogP contribution in [-0.2, 0) is 0 Å². The van der Waals surface area contributed by atoms with Gasteiger partial charge < -0.3 is 60.8 Å². The minimum Gasteiger partial charge on any atom is -0.324 e. The van der Waals surface area contributed by atoms with E-state index in [-0.39, 0.29) is 176 Å². The van der Waals surface area contributed by atoms with Crippen molar-refractivity contribution in [2.45, 2.75) is 82.9 Å². The van der Waals surface area contributed by atoms with Crippen molar-refractivity contribution in [3.8, 4) is 67.8 Å². The summed E-state index contributed by atoms with van der Waals surface area (Å²) in [4.78, 5) is 107. The van der Waals surface area contributed by atoms with Crippen molar-refractivity contribution in [2.75, 3.05) is 42.5 Å². The SMILES string of the molecule is [2H]c1c([2H])c(C(=O)Nc2cc(C)cc(-n3ccc(C)c3)c2)c([2H])c(Nc2nccc(-c3cccnc3)n2)c1C.[2H]c1nc([2H])c(-c2ccnc(Nc3cc(C(=O)Nc4cc(C)cc(-n5c([2H])cc(C)c5[2H])c4)ccc3C([2H])([2H])[2H])n2)c([2H])c1[2H].[2H]c1nc([2H])c(-c2ccnc(Nc3cc(C(=O)Nc4cc(C)cc(-n5c([2H])cc(C)c5[2H])c4)ccc3C)n2)c([2H])c1[2H].[2H]c1nc([2H])c(-c2ccnc(Nc3cc(C(=O)Nc4cc(C)cc(-n5c([2H])nc(C)c5[2H])c4)ccc3C([2H])([2H])[2H])n2)c([2H])c1[2H]. The molecule has 712 valence electrons. The second kappa shape index (κ2) is 44.5. The maximum Gasteiger partial charge on any atom is 0.255 e. The molecule has 0 radical (unpaired) electrons. The first kappa shape index (κ1) is 67.9. The molecular formula is C115H103N25O4. The number of nitrogens with one attached hydrogen (secondary N) is 8. The molecule has 8 aromatic carbocycles. The number of hydrogen-bond acceptors (Lipinski definition) is 21. The number of carbonyl (C=O) groups excluding carboxylic acids is 4. The van der Waals surface area contributed by atoms with Gasteiger partial charge in [0, 0.05) is 238 Å². The number of hydrogen-bond donors (Lipinski definition) is 8. The van der Waals surface area contributed by atoms with Crippen molar-refractivity contribution in [1.82, 2.24) is 83.1 Å². The summed E-state index contributed by atoms with van der Waals surface area (Å²) in [5.41, 5.74) is 14.1. The Kier molecular flexibility index (Phi) is 21.0. The van der Waals surface area contributed by atoms with Crippen LogP contribution in [0, 0.1) is 82.9 Å². The average Bonchev–Trinajstić information content (AvgIpc) is 1.76. The smallest absolute Gasteiger partial charge is 0.255 e. The molecule has 0 unspecified atom stereocenters. The number of carbonyl (C=O) groups is 4. The molecule has 0 atom stereocenters. The summed E-state index contributed by atoms with van der Waals surface area (Å²) in [7, 11) is 0. The number of aromatic nitrogens is 17. The molecule has 8 N–H and O–H groups in total. The van der Waals surface area contributed by atoms with Crippen LogP contribution in [0.1, 0.15) is 145 Å². The van der Waals surface area contributed by atoms with Crippen LogP contribution >= 0.6 is 0 Å². The van der Waals surface area contributed by atoms with Gasteiger partial charge in [0.1, 0.15) is 1.37 Å². The van der Waals surface area contributed by atoms with Crippen LogP contribution in [-0.4, -0.2) is 107 Å². The summed E-state index contributed by atoms with van der Waals surface area (Å²) < 4.78 is 225. The third-order valence-corrected chi connectivity index (χ3v) is 21.2. The summed E-state index contributed by atoms with van der Waals surface area (Å²) >= 11 is 0. The molecule has 0 aliphatic heterocycles. The highest BCUT2D eigenvalue weighted by Crippen LogP contribution is 2.33. The minimum atomic E-state index is -2.58. The van der Waals surface area contributed by atoms with Crippen LogP contribution in [0.15, 0.2) is 360 Å². The standard InChI is InChI=1S/3C29H26N6O.C28H25N7O/c3*1-19-9-12-35(18-19)25-14-20(2)13-24(16-25)32-28(36)22-7-6-21(3)27(15-22)34-29-31-11-8-26(33-29)23-5-4-10-30-17-23;1-18-11-23(14-24(12-18)35-16-20(3)31-17-35)32-27(36)21-7-6-19(2)26(13-21)34-28-30-10-8-25(33-28)22-5-4-9-29-15-22/h3*4-18H,1-3H3,(H,32,36)(H,31,33,34);4-17H,1-3H3,(H,32,36)(H,30,33,34)/i3D3,4D,5D,10D,12D,17D,18D;4D,5D,10D,12D,17D,18D;6D,7D,15D;2D3,4D,5D,9D,15D,16D,17D. The van der Waals surface area contributed by atoms with Gasteiger partial charge in [-0.1, -0.05) is 24.2 Å². The van der Waals surface area contributed by atoms with Gasteiger partial charge in [0.25, 0.3) is 23.6 Å². The fourth-order valence-corrected chi connectivity index (χ4v) is 14.4. The number of pyridine rings is 4. The Morgan fingerprint density at radius 3 is 1.08 bits per heavy atom. The molecule has 0 saturated heterocycles. The second-order valence-electron chi connectivity index (χ2n) is 32.7. The molecule has 0 aliphatic rings. The van der Waals surface area contributed by atoms with Gasteiger partial charge in [-0.2, -0.15) is 0 Å². The van der Waals surface area contributed by atoms with Gasteiger partial charge in [-0.15, -0.1) is 0 Å². The van der Waals surface area contributed by atoms with Crippen LogP contribution in [0.25, 0.3) is 67.8 Å². The Morgan fingerprint density at radius 2 is 0.708 bits per heavy atom. The molecule has 4 amide bonds. The first-order chi connectivity index (χ1) is 80.9. The van der Waals surface area contributed by atoms with Crippen molar-refractivity contribution in [2.24, 2.45) is 0 Å². The fraction of sp³-hybridized carbons (Fsp3) is 0.104. The highest BCUT2D eigenvalue weighted by molar-refractivity contribution is 6.08. The van der Waals surface area contributed by atoms with E-state index in [9.17, 15) is 19.2 Å². The normalized spacial score (nSPS) is 13.6.